The van der Waals surface area contributed by atoms with Crippen molar-refractivity contribution in [1.82, 2.24) is 29.2 Å². The number of H-pyrrole nitrogens is 1. The van der Waals surface area contributed by atoms with Crippen LogP contribution in [-0.2, 0) is 18.4 Å². The molecule has 1 aliphatic rings. The Bertz CT molecular complexity index is 1360. The first kappa shape index (κ1) is 21.0. The van der Waals surface area contributed by atoms with E-state index in [2.05, 4.69) is 15.5 Å². The van der Waals surface area contributed by atoms with Crippen LogP contribution in [0.4, 0.5) is 11.6 Å². The number of piperidine rings is 1. The number of benzene rings is 1. The number of rotatable bonds is 5. The highest BCUT2D eigenvalue weighted by Gasteiger charge is 2.26. The minimum atomic E-state index is -0.167. The van der Waals surface area contributed by atoms with Crippen LogP contribution < -0.4 is 11.0 Å². The van der Waals surface area contributed by atoms with Crippen LogP contribution >= 0.6 is 0 Å². The van der Waals surface area contributed by atoms with Crippen LogP contribution in [0.15, 0.2) is 53.3 Å². The topological polar surface area (TPSA) is 101 Å². The van der Waals surface area contributed by atoms with Crippen molar-refractivity contribution in [3.63, 3.8) is 0 Å². The lowest BCUT2D eigenvalue weighted by Crippen LogP contribution is -2.41. The van der Waals surface area contributed by atoms with E-state index in [0.717, 1.165) is 46.9 Å². The van der Waals surface area contributed by atoms with Gasteiger partial charge in [0.15, 0.2) is 5.82 Å². The van der Waals surface area contributed by atoms with E-state index in [1.165, 1.54) is 0 Å². The van der Waals surface area contributed by atoms with Gasteiger partial charge in [-0.25, -0.2) is 9.78 Å². The molecular weight excluding hydrogens is 418 g/mol. The van der Waals surface area contributed by atoms with Gasteiger partial charge < -0.3 is 10.2 Å². The van der Waals surface area contributed by atoms with Gasteiger partial charge in [-0.2, -0.15) is 5.10 Å². The summed E-state index contributed by atoms with van der Waals surface area (Å²) in [6, 6.07) is 15.4. The number of likely N-dealkylation sites (tertiary alicyclic amines) is 1. The number of nitrogens with one attached hydrogen (secondary N) is 2. The fraction of sp³-hybridized carbons (Fsp3) is 0.333. The zero-order valence-electron chi connectivity index (χ0n) is 18.8. The molecule has 1 aromatic carbocycles. The Labute approximate surface area is 191 Å². The molecule has 2 N–H and O–H groups in total. The number of hydrogen-bond acceptors (Lipinski definition) is 5. The number of amides is 1. The highest BCUT2D eigenvalue weighted by atomic mass is 16.2. The lowest BCUT2D eigenvalue weighted by molar-refractivity contribution is -0.132. The highest BCUT2D eigenvalue weighted by Crippen LogP contribution is 2.28. The molecular formula is C24H27N7O2. The lowest BCUT2D eigenvalue weighted by atomic mass is 9.93. The van der Waals surface area contributed by atoms with Gasteiger partial charge in [0.05, 0.1) is 11.0 Å². The van der Waals surface area contributed by atoms with Crippen LogP contribution in [0.1, 0.15) is 30.1 Å². The van der Waals surface area contributed by atoms with Gasteiger partial charge in [0.1, 0.15) is 12.4 Å². The van der Waals surface area contributed by atoms with Crippen molar-refractivity contribution in [2.75, 3.05) is 18.4 Å². The van der Waals surface area contributed by atoms with Crippen molar-refractivity contribution >= 4 is 28.6 Å². The van der Waals surface area contributed by atoms with Gasteiger partial charge in [-0.15, -0.1) is 0 Å². The Balaban J connectivity index is 1.24. The van der Waals surface area contributed by atoms with Crippen LogP contribution in [-0.4, -0.2) is 48.2 Å². The standard InChI is InChI=1S/C24H27N7O2/c1-16-14-22(28-27-16)26-21-9-5-6-18(25-21)17-10-12-30(13-11-17)23(32)15-31-20-8-4-3-7-19(20)29(2)24(31)33/h3-9,14,17H,10-13,15H2,1-2H3,(H2,25,26,27,28). The average Bonchev–Trinajstić information content (AvgIpc) is 3.35. The van der Waals surface area contributed by atoms with Crippen molar-refractivity contribution in [2.24, 2.45) is 7.05 Å². The second-order valence-corrected chi connectivity index (χ2v) is 8.58. The molecule has 0 bridgehead atoms. The smallest absolute Gasteiger partial charge is 0.329 e. The number of para-hydroxylation sites is 2. The molecule has 0 saturated carbocycles. The molecule has 33 heavy (non-hydrogen) atoms. The molecule has 4 heterocycles. The fourth-order valence-electron chi connectivity index (χ4n) is 4.54. The Hall–Kier alpha value is -3.88. The van der Waals surface area contributed by atoms with E-state index < -0.39 is 0 Å². The number of imidazole rings is 1. The van der Waals surface area contributed by atoms with Crippen LogP contribution in [0.2, 0.25) is 0 Å². The van der Waals surface area contributed by atoms with Crippen LogP contribution in [0.5, 0.6) is 0 Å². The molecule has 0 spiro atoms. The summed E-state index contributed by atoms with van der Waals surface area (Å²) < 4.78 is 3.16. The van der Waals surface area contributed by atoms with Gasteiger partial charge in [0, 0.05) is 43.5 Å². The number of aromatic nitrogens is 5. The Kier molecular flexibility index (Phi) is 5.45. The van der Waals surface area contributed by atoms with E-state index in [1.54, 1.807) is 16.2 Å². The summed E-state index contributed by atoms with van der Waals surface area (Å²) in [6.07, 6.45) is 1.68. The largest absolute Gasteiger partial charge is 0.341 e. The summed E-state index contributed by atoms with van der Waals surface area (Å²) in [5.74, 6) is 1.76. The molecule has 5 rings (SSSR count). The molecule has 0 atom stereocenters. The maximum atomic E-state index is 13.0. The maximum absolute atomic E-state index is 13.0. The molecule has 4 aromatic rings. The molecule has 1 amide bonds. The third-order valence-corrected chi connectivity index (χ3v) is 6.34. The molecule has 1 aliphatic heterocycles. The first-order chi connectivity index (χ1) is 16.0. The molecule has 0 aliphatic carbocycles. The second kappa shape index (κ2) is 8.57. The Morgan fingerprint density at radius 1 is 1.09 bits per heavy atom. The second-order valence-electron chi connectivity index (χ2n) is 8.58. The average molecular weight is 446 g/mol. The third kappa shape index (κ3) is 4.13. The summed E-state index contributed by atoms with van der Waals surface area (Å²) >= 11 is 0. The summed E-state index contributed by atoms with van der Waals surface area (Å²) in [7, 11) is 1.74. The van der Waals surface area contributed by atoms with E-state index >= 15 is 0 Å². The predicted molar refractivity (Wildman–Crippen MR) is 127 cm³/mol. The number of aryl methyl sites for hydroxylation is 2. The molecule has 3 aromatic heterocycles. The van der Waals surface area contributed by atoms with Gasteiger partial charge in [-0.3, -0.25) is 19.0 Å². The minimum Gasteiger partial charge on any atom is -0.341 e. The molecule has 1 fully saturated rings. The third-order valence-electron chi connectivity index (χ3n) is 6.34. The van der Waals surface area contributed by atoms with Crippen molar-refractivity contribution in [3.05, 3.63) is 70.4 Å². The summed E-state index contributed by atoms with van der Waals surface area (Å²) in [5.41, 5.74) is 3.45. The monoisotopic (exact) mass is 445 g/mol. The van der Waals surface area contributed by atoms with Crippen molar-refractivity contribution in [1.29, 1.82) is 0 Å². The number of carbonyl (C=O) groups excluding carboxylic acids is 1. The number of carbonyl (C=O) groups is 1. The van der Waals surface area contributed by atoms with E-state index in [-0.39, 0.29) is 24.1 Å². The van der Waals surface area contributed by atoms with Gasteiger partial charge in [0.25, 0.3) is 0 Å². The van der Waals surface area contributed by atoms with E-state index in [0.29, 0.717) is 13.1 Å². The van der Waals surface area contributed by atoms with Gasteiger partial charge in [0.2, 0.25) is 5.91 Å². The first-order valence-corrected chi connectivity index (χ1v) is 11.2. The Morgan fingerprint density at radius 3 is 2.58 bits per heavy atom. The van der Waals surface area contributed by atoms with Crippen molar-refractivity contribution < 1.29 is 4.79 Å². The normalized spacial score (nSPS) is 14.7. The number of fused-ring (bicyclic) bond motifs is 1. The maximum Gasteiger partial charge on any atom is 0.329 e. The summed E-state index contributed by atoms with van der Waals surface area (Å²) in [5, 5.41) is 10.3. The van der Waals surface area contributed by atoms with E-state index in [4.69, 9.17) is 4.98 Å². The molecule has 9 nitrogen and oxygen atoms in total. The predicted octanol–water partition coefficient (Wildman–Crippen LogP) is 2.92. The zero-order valence-corrected chi connectivity index (χ0v) is 18.8. The zero-order chi connectivity index (χ0) is 22.9. The van der Waals surface area contributed by atoms with Crippen molar-refractivity contribution in [3.8, 4) is 0 Å². The minimum absolute atomic E-state index is 0.0239. The summed E-state index contributed by atoms with van der Waals surface area (Å²) in [6.45, 7) is 3.32. The van der Waals surface area contributed by atoms with Crippen LogP contribution in [0, 0.1) is 6.92 Å². The SMILES string of the molecule is Cc1cc(Nc2cccc(C3CCN(C(=O)Cn4c(=O)n(C)c5ccccc54)CC3)n2)n[nH]1. The van der Waals surface area contributed by atoms with Crippen LogP contribution in [0.3, 0.4) is 0 Å². The molecule has 0 radical (unpaired) electrons. The molecule has 1 saturated heterocycles. The van der Waals surface area contributed by atoms with Gasteiger partial charge >= 0.3 is 5.69 Å². The summed E-state index contributed by atoms with van der Waals surface area (Å²) in [4.78, 5) is 32.3. The van der Waals surface area contributed by atoms with Gasteiger partial charge in [-0.05, 0) is 44.0 Å². The number of pyridine rings is 1. The highest BCUT2D eigenvalue weighted by molar-refractivity contribution is 5.81. The quantitative estimate of drug-likeness (QED) is 0.492. The molecule has 0 unspecified atom stereocenters. The Morgan fingerprint density at radius 2 is 1.85 bits per heavy atom. The number of anilines is 2. The van der Waals surface area contributed by atoms with E-state index in [1.807, 2.05) is 60.4 Å². The molecule has 170 valence electrons. The van der Waals surface area contributed by atoms with Gasteiger partial charge in [-0.1, -0.05) is 18.2 Å². The van der Waals surface area contributed by atoms with Crippen molar-refractivity contribution in [2.45, 2.75) is 32.2 Å². The number of hydrogen-bond donors (Lipinski definition) is 2. The number of aromatic amines is 1. The first-order valence-electron chi connectivity index (χ1n) is 11.2. The van der Waals surface area contributed by atoms with E-state index in [9.17, 15) is 9.59 Å². The fourth-order valence-corrected chi connectivity index (χ4v) is 4.54. The number of nitrogens with zero attached hydrogens (tertiary/aromatic N) is 5. The molecule has 9 heteroatoms. The lowest BCUT2D eigenvalue weighted by Gasteiger charge is -2.32. The van der Waals surface area contributed by atoms with Crippen LogP contribution in [0.25, 0.3) is 11.0 Å².